The van der Waals surface area contributed by atoms with Crippen molar-refractivity contribution < 1.29 is 9.53 Å². The van der Waals surface area contributed by atoms with E-state index in [1.54, 1.807) is 12.1 Å². The lowest BCUT2D eigenvalue weighted by atomic mass is 9.98. The minimum atomic E-state index is -0.716. The molecule has 0 bridgehead atoms. The quantitative estimate of drug-likeness (QED) is 0.392. The first kappa shape index (κ1) is 21.0. The number of amides is 1. The van der Waals surface area contributed by atoms with Gasteiger partial charge in [-0.2, -0.15) is 5.10 Å². The summed E-state index contributed by atoms with van der Waals surface area (Å²) < 4.78 is 7.55. The summed E-state index contributed by atoms with van der Waals surface area (Å²) in [5.74, 6) is -0.182. The van der Waals surface area contributed by atoms with Crippen LogP contribution >= 0.6 is 31.9 Å². The zero-order valence-corrected chi connectivity index (χ0v) is 19.5. The van der Waals surface area contributed by atoms with Crippen LogP contribution in [-0.2, 0) is 9.53 Å². The van der Waals surface area contributed by atoms with E-state index in [1.807, 2.05) is 78.9 Å². The average molecular weight is 528 g/mol. The number of carbonyl (C=O) groups excluding carboxylic acids is 1. The number of hydrogen-bond acceptors (Lipinski definition) is 3. The number of methoxy groups -OCH3 is 1. The van der Waals surface area contributed by atoms with E-state index in [0.29, 0.717) is 6.42 Å². The summed E-state index contributed by atoms with van der Waals surface area (Å²) in [6, 6.07) is 25.3. The van der Waals surface area contributed by atoms with Gasteiger partial charge in [0, 0.05) is 22.5 Å². The van der Waals surface area contributed by atoms with E-state index < -0.39 is 6.10 Å². The van der Waals surface area contributed by atoms with Gasteiger partial charge in [0.15, 0.2) is 6.10 Å². The largest absolute Gasteiger partial charge is 0.367 e. The number of ether oxygens (including phenoxy) is 1. The van der Waals surface area contributed by atoms with Gasteiger partial charge in [0.1, 0.15) is 0 Å². The van der Waals surface area contributed by atoms with Crippen molar-refractivity contribution in [1.82, 2.24) is 5.01 Å². The van der Waals surface area contributed by atoms with Gasteiger partial charge in [-0.05, 0) is 41.0 Å². The average Bonchev–Trinajstić information content (AvgIpc) is 3.21. The number of hydrazone groups is 1. The molecular formula is C24H20Br2N2O2. The summed E-state index contributed by atoms with van der Waals surface area (Å²) in [7, 11) is 1.55. The Balaban J connectivity index is 1.74. The summed E-state index contributed by atoms with van der Waals surface area (Å²) in [5.41, 5.74) is 3.70. The molecule has 3 aromatic rings. The maximum atomic E-state index is 13.6. The van der Waals surface area contributed by atoms with E-state index in [4.69, 9.17) is 9.84 Å². The normalized spacial score (nSPS) is 17.0. The zero-order valence-electron chi connectivity index (χ0n) is 16.3. The molecule has 0 radical (unpaired) electrons. The van der Waals surface area contributed by atoms with E-state index in [1.165, 1.54) is 0 Å². The van der Waals surface area contributed by atoms with Crippen LogP contribution in [0.25, 0.3) is 0 Å². The lowest BCUT2D eigenvalue weighted by Gasteiger charge is -2.26. The number of rotatable bonds is 5. The Morgan fingerprint density at radius 2 is 1.70 bits per heavy atom. The molecule has 6 heteroatoms. The molecule has 152 valence electrons. The smallest absolute Gasteiger partial charge is 0.276 e. The first-order valence-corrected chi connectivity index (χ1v) is 11.1. The Morgan fingerprint density at radius 1 is 1.00 bits per heavy atom. The lowest BCUT2D eigenvalue weighted by Crippen LogP contribution is -2.32. The second-order valence-electron chi connectivity index (χ2n) is 7.04. The molecule has 1 amide bonds. The third-order valence-corrected chi connectivity index (χ3v) is 6.08. The molecule has 1 aliphatic rings. The van der Waals surface area contributed by atoms with Gasteiger partial charge in [-0.3, -0.25) is 4.79 Å². The summed E-state index contributed by atoms with van der Waals surface area (Å²) in [6.45, 7) is 0. The van der Waals surface area contributed by atoms with Gasteiger partial charge in [0.2, 0.25) is 0 Å². The fourth-order valence-corrected chi connectivity index (χ4v) is 4.47. The third-order valence-electron chi connectivity index (χ3n) is 5.09. The molecule has 0 N–H and O–H groups in total. The van der Waals surface area contributed by atoms with E-state index in [0.717, 1.165) is 31.3 Å². The van der Waals surface area contributed by atoms with Gasteiger partial charge in [-0.1, -0.05) is 86.5 Å². The molecule has 4 rings (SSSR count). The van der Waals surface area contributed by atoms with Crippen LogP contribution in [0.2, 0.25) is 0 Å². The summed E-state index contributed by atoms with van der Waals surface area (Å²) in [5, 5.41) is 6.35. The molecule has 2 atom stereocenters. The standard InChI is InChI=1S/C24H20Br2N2O2/c1-30-23(16-7-3-2-4-8-16)24(29)28-22(18-10-6-12-20(26)14-18)15-21(27-28)17-9-5-11-19(25)13-17/h2-14,22-23H,15H2,1H3/t22-,23-/m1/s1. The third kappa shape index (κ3) is 4.41. The van der Waals surface area contributed by atoms with Gasteiger partial charge >= 0.3 is 0 Å². The fraction of sp³-hybridized carbons (Fsp3) is 0.167. The van der Waals surface area contributed by atoms with Crippen LogP contribution in [0.3, 0.4) is 0 Å². The van der Waals surface area contributed by atoms with Gasteiger partial charge in [0.25, 0.3) is 5.91 Å². The van der Waals surface area contributed by atoms with Crippen molar-refractivity contribution in [3.63, 3.8) is 0 Å². The monoisotopic (exact) mass is 526 g/mol. The topological polar surface area (TPSA) is 41.9 Å². The molecule has 4 nitrogen and oxygen atoms in total. The highest BCUT2D eigenvalue weighted by Crippen LogP contribution is 2.36. The Hall–Kier alpha value is -2.28. The van der Waals surface area contributed by atoms with Crippen molar-refractivity contribution in [1.29, 1.82) is 0 Å². The van der Waals surface area contributed by atoms with Crippen LogP contribution in [0.5, 0.6) is 0 Å². The van der Waals surface area contributed by atoms with Crippen molar-refractivity contribution in [2.45, 2.75) is 18.6 Å². The Bertz CT molecular complexity index is 1090. The minimum absolute atomic E-state index is 0.182. The van der Waals surface area contributed by atoms with Crippen LogP contribution in [0.15, 0.2) is 92.9 Å². The highest BCUT2D eigenvalue weighted by molar-refractivity contribution is 9.10. The number of halogens is 2. The second-order valence-corrected chi connectivity index (χ2v) is 8.87. The van der Waals surface area contributed by atoms with E-state index in [9.17, 15) is 4.79 Å². The maximum absolute atomic E-state index is 13.6. The number of hydrogen-bond donors (Lipinski definition) is 0. The predicted molar refractivity (Wildman–Crippen MR) is 125 cm³/mol. The van der Waals surface area contributed by atoms with Gasteiger partial charge in [-0.15, -0.1) is 0 Å². The van der Waals surface area contributed by atoms with Crippen LogP contribution in [0, 0.1) is 0 Å². The number of carbonyl (C=O) groups is 1. The van der Waals surface area contributed by atoms with Crippen molar-refractivity contribution in [2.75, 3.05) is 7.11 Å². The molecule has 0 fully saturated rings. The molecule has 3 aromatic carbocycles. The highest BCUT2D eigenvalue weighted by atomic mass is 79.9. The second kappa shape index (κ2) is 9.25. The first-order valence-electron chi connectivity index (χ1n) is 9.56. The summed E-state index contributed by atoms with van der Waals surface area (Å²) in [4.78, 5) is 13.6. The van der Waals surface area contributed by atoms with E-state index >= 15 is 0 Å². The van der Waals surface area contributed by atoms with E-state index in [-0.39, 0.29) is 11.9 Å². The van der Waals surface area contributed by atoms with Crippen LogP contribution in [0.1, 0.15) is 35.3 Å². The molecule has 0 aliphatic carbocycles. The van der Waals surface area contributed by atoms with Gasteiger partial charge in [-0.25, -0.2) is 5.01 Å². The van der Waals surface area contributed by atoms with Gasteiger partial charge in [0.05, 0.1) is 11.8 Å². The molecule has 0 saturated carbocycles. The molecule has 0 saturated heterocycles. The predicted octanol–water partition coefficient (Wildman–Crippen LogP) is 6.28. The van der Waals surface area contributed by atoms with E-state index in [2.05, 4.69) is 31.9 Å². The fourth-order valence-electron chi connectivity index (χ4n) is 3.66. The summed E-state index contributed by atoms with van der Waals surface area (Å²) in [6.07, 6.45) is -0.0874. The Kier molecular flexibility index (Phi) is 6.46. The highest BCUT2D eigenvalue weighted by Gasteiger charge is 2.37. The lowest BCUT2D eigenvalue weighted by molar-refractivity contribution is -0.144. The molecule has 1 heterocycles. The molecule has 0 unspecified atom stereocenters. The molecule has 0 aromatic heterocycles. The number of benzene rings is 3. The van der Waals surface area contributed by atoms with Crippen LogP contribution < -0.4 is 0 Å². The first-order chi connectivity index (χ1) is 14.6. The van der Waals surface area contributed by atoms with Crippen molar-refractivity contribution in [3.8, 4) is 0 Å². The van der Waals surface area contributed by atoms with Crippen LogP contribution in [0.4, 0.5) is 0 Å². The number of nitrogens with zero attached hydrogens (tertiary/aromatic N) is 2. The Labute approximate surface area is 192 Å². The van der Waals surface area contributed by atoms with Crippen molar-refractivity contribution in [3.05, 3.63) is 104 Å². The molecule has 0 spiro atoms. The SMILES string of the molecule is CO[C@@H](C(=O)N1N=C(c2cccc(Br)c2)C[C@@H]1c1cccc(Br)c1)c1ccccc1. The van der Waals surface area contributed by atoms with Crippen molar-refractivity contribution >= 4 is 43.5 Å². The minimum Gasteiger partial charge on any atom is -0.367 e. The molecule has 30 heavy (non-hydrogen) atoms. The zero-order chi connectivity index (χ0) is 21.1. The summed E-state index contributed by atoms with van der Waals surface area (Å²) >= 11 is 7.07. The Morgan fingerprint density at radius 3 is 2.37 bits per heavy atom. The van der Waals surface area contributed by atoms with Crippen molar-refractivity contribution in [2.24, 2.45) is 5.10 Å². The maximum Gasteiger partial charge on any atom is 0.276 e. The van der Waals surface area contributed by atoms with Crippen LogP contribution in [-0.4, -0.2) is 23.7 Å². The molecule has 1 aliphatic heterocycles. The molecular weight excluding hydrogens is 508 g/mol. The van der Waals surface area contributed by atoms with Gasteiger partial charge < -0.3 is 4.74 Å².